The van der Waals surface area contributed by atoms with E-state index in [0.717, 1.165) is 0 Å². The molecule has 20 heavy (non-hydrogen) atoms. The Kier molecular flexibility index (Phi) is 3.82. The Labute approximate surface area is 110 Å². The van der Waals surface area contributed by atoms with Crippen LogP contribution in [0.2, 0.25) is 0 Å². The second kappa shape index (κ2) is 5.40. The van der Waals surface area contributed by atoms with Crippen molar-refractivity contribution in [1.82, 2.24) is 9.97 Å². The number of aromatic nitrogens is 2. The van der Waals surface area contributed by atoms with Gasteiger partial charge in [-0.1, -0.05) is 6.07 Å². The number of alkyl halides is 5. The first-order valence-electron chi connectivity index (χ1n) is 5.30. The summed E-state index contributed by atoms with van der Waals surface area (Å²) in [6.45, 7) is -3.19. The third kappa shape index (κ3) is 3.19. The molecule has 0 fully saturated rings. The molecule has 0 unspecified atom stereocenters. The molecule has 0 saturated heterocycles. The molecule has 0 radical (unpaired) electrons. The summed E-state index contributed by atoms with van der Waals surface area (Å²) in [6, 6.07) is 3.58. The molecule has 0 amide bonds. The highest BCUT2D eigenvalue weighted by Gasteiger charge is 2.32. The second-order valence-electron chi connectivity index (χ2n) is 3.69. The third-order valence-electron chi connectivity index (χ3n) is 2.35. The Bertz CT molecular complexity index is 586. The van der Waals surface area contributed by atoms with Crippen LogP contribution < -0.4 is 4.74 Å². The Hall–Kier alpha value is -2.25. The highest BCUT2D eigenvalue weighted by Crippen LogP contribution is 2.35. The van der Waals surface area contributed by atoms with Crippen molar-refractivity contribution in [2.24, 2.45) is 0 Å². The lowest BCUT2D eigenvalue weighted by molar-refractivity contribution is -0.137. The molecule has 2 aromatic heterocycles. The SMILES string of the molecule is FC(F)Oc1ncc(C(F)(F)F)cc1-c1cccnc1. The summed E-state index contributed by atoms with van der Waals surface area (Å²) in [4.78, 5) is 7.03. The highest BCUT2D eigenvalue weighted by atomic mass is 19.4. The minimum Gasteiger partial charge on any atom is -0.416 e. The number of halogens is 5. The van der Waals surface area contributed by atoms with E-state index in [0.29, 0.717) is 12.3 Å². The van der Waals surface area contributed by atoms with E-state index in [-0.39, 0.29) is 11.1 Å². The maximum Gasteiger partial charge on any atom is 0.417 e. The van der Waals surface area contributed by atoms with Gasteiger partial charge in [-0.2, -0.15) is 22.0 Å². The van der Waals surface area contributed by atoms with Crippen LogP contribution in [0.15, 0.2) is 36.8 Å². The normalized spacial score (nSPS) is 11.7. The van der Waals surface area contributed by atoms with Gasteiger partial charge in [0, 0.05) is 29.7 Å². The lowest BCUT2D eigenvalue weighted by Gasteiger charge is -2.12. The van der Waals surface area contributed by atoms with Gasteiger partial charge in [0.05, 0.1) is 5.56 Å². The summed E-state index contributed by atoms with van der Waals surface area (Å²) in [7, 11) is 0. The second-order valence-corrected chi connectivity index (χ2v) is 3.69. The standard InChI is InChI=1S/C12H7F5N2O/c13-11(14)20-10-9(7-2-1-3-18-5-7)4-8(6-19-10)12(15,16)17/h1-6,11H. The fourth-order valence-corrected chi connectivity index (χ4v) is 1.51. The lowest BCUT2D eigenvalue weighted by atomic mass is 10.1. The first-order valence-corrected chi connectivity index (χ1v) is 5.30. The summed E-state index contributed by atoms with van der Waals surface area (Å²) >= 11 is 0. The van der Waals surface area contributed by atoms with Gasteiger partial charge in [0.1, 0.15) is 0 Å². The average Bonchev–Trinajstić information content (AvgIpc) is 2.38. The van der Waals surface area contributed by atoms with Crippen molar-refractivity contribution in [3.05, 3.63) is 42.4 Å². The number of hydrogen-bond donors (Lipinski definition) is 0. The van der Waals surface area contributed by atoms with Crippen LogP contribution in [0.3, 0.4) is 0 Å². The average molecular weight is 290 g/mol. The number of pyridine rings is 2. The summed E-state index contributed by atoms with van der Waals surface area (Å²) in [5, 5.41) is 0. The molecule has 0 N–H and O–H groups in total. The molecule has 2 heterocycles. The van der Waals surface area contributed by atoms with E-state index in [1.54, 1.807) is 0 Å². The van der Waals surface area contributed by atoms with E-state index in [4.69, 9.17) is 0 Å². The Morgan fingerprint density at radius 3 is 2.45 bits per heavy atom. The molecule has 0 bridgehead atoms. The zero-order valence-electron chi connectivity index (χ0n) is 9.73. The first kappa shape index (κ1) is 14.2. The molecule has 0 spiro atoms. The molecular formula is C12H7F5N2O. The van der Waals surface area contributed by atoms with Crippen LogP contribution in [0.4, 0.5) is 22.0 Å². The van der Waals surface area contributed by atoms with E-state index in [9.17, 15) is 22.0 Å². The zero-order chi connectivity index (χ0) is 14.8. The Morgan fingerprint density at radius 2 is 1.90 bits per heavy atom. The van der Waals surface area contributed by atoms with Crippen molar-refractivity contribution in [2.45, 2.75) is 12.8 Å². The fraction of sp³-hybridized carbons (Fsp3) is 0.167. The molecule has 0 aliphatic rings. The minimum absolute atomic E-state index is 0.196. The van der Waals surface area contributed by atoms with Gasteiger partial charge in [-0.15, -0.1) is 0 Å². The van der Waals surface area contributed by atoms with Crippen LogP contribution in [-0.2, 0) is 6.18 Å². The van der Waals surface area contributed by atoms with E-state index in [2.05, 4.69) is 14.7 Å². The van der Waals surface area contributed by atoms with Crippen LogP contribution in [0.1, 0.15) is 5.56 Å². The van der Waals surface area contributed by atoms with Gasteiger partial charge < -0.3 is 4.74 Å². The van der Waals surface area contributed by atoms with Crippen LogP contribution in [0.25, 0.3) is 11.1 Å². The number of nitrogens with zero attached hydrogens (tertiary/aromatic N) is 2. The van der Waals surface area contributed by atoms with Gasteiger partial charge in [-0.3, -0.25) is 4.98 Å². The van der Waals surface area contributed by atoms with Gasteiger partial charge in [0.15, 0.2) is 0 Å². The maximum absolute atomic E-state index is 12.6. The van der Waals surface area contributed by atoms with Crippen LogP contribution in [-0.4, -0.2) is 16.6 Å². The number of rotatable bonds is 3. The Morgan fingerprint density at radius 1 is 1.15 bits per heavy atom. The maximum atomic E-state index is 12.6. The summed E-state index contributed by atoms with van der Waals surface area (Å²) in [6.07, 6.45) is -1.56. The zero-order valence-corrected chi connectivity index (χ0v) is 9.73. The highest BCUT2D eigenvalue weighted by molar-refractivity contribution is 5.68. The van der Waals surface area contributed by atoms with Crippen molar-refractivity contribution < 1.29 is 26.7 Å². The topological polar surface area (TPSA) is 35.0 Å². The van der Waals surface area contributed by atoms with Crippen molar-refractivity contribution in [3.8, 4) is 17.0 Å². The molecule has 3 nitrogen and oxygen atoms in total. The van der Waals surface area contributed by atoms with Crippen molar-refractivity contribution in [1.29, 1.82) is 0 Å². The minimum atomic E-state index is -4.63. The molecule has 2 aromatic rings. The molecule has 0 aliphatic heterocycles. The van der Waals surface area contributed by atoms with Gasteiger partial charge in [-0.25, -0.2) is 4.98 Å². The molecule has 106 valence electrons. The largest absolute Gasteiger partial charge is 0.417 e. The summed E-state index contributed by atoms with van der Waals surface area (Å²) in [5.41, 5.74) is -1.06. The Balaban J connectivity index is 2.54. The van der Waals surface area contributed by atoms with Crippen LogP contribution >= 0.6 is 0 Å². The summed E-state index contributed by atoms with van der Waals surface area (Å²) < 4.78 is 66.5. The lowest BCUT2D eigenvalue weighted by Crippen LogP contribution is -2.09. The van der Waals surface area contributed by atoms with E-state index >= 15 is 0 Å². The van der Waals surface area contributed by atoms with Gasteiger partial charge in [-0.05, 0) is 12.1 Å². The van der Waals surface area contributed by atoms with E-state index in [1.807, 2.05) is 0 Å². The smallest absolute Gasteiger partial charge is 0.416 e. The predicted octanol–water partition coefficient (Wildman–Crippen LogP) is 3.76. The van der Waals surface area contributed by atoms with E-state index in [1.165, 1.54) is 24.5 Å². The fourth-order valence-electron chi connectivity index (χ4n) is 1.51. The first-order chi connectivity index (χ1) is 9.38. The van der Waals surface area contributed by atoms with Crippen molar-refractivity contribution in [2.75, 3.05) is 0 Å². The molecule has 2 rings (SSSR count). The van der Waals surface area contributed by atoms with Crippen LogP contribution in [0.5, 0.6) is 5.88 Å². The quantitative estimate of drug-likeness (QED) is 0.807. The van der Waals surface area contributed by atoms with Gasteiger partial charge in [0.25, 0.3) is 0 Å². The monoisotopic (exact) mass is 290 g/mol. The van der Waals surface area contributed by atoms with Crippen molar-refractivity contribution in [3.63, 3.8) is 0 Å². The predicted molar refractivity (Wildman–Crippen MR) is 59.1 cm³/mol. The molecule has 0 aromatic carbocycles. The van der Waals surface area contributed by atoms with E-state index < -0.39 is 24.2 Å². The van der Waals surface area contributed by atoms with Crippen LogP contribution in [0, 0.1) is 0 Å². The molecule has 8 heteroatoms. The van der Waals surface area contributed by atoms with Crippen molar-refractivity contribution >= 4 is 0 Å². The third-order valence-corrected chi connectivity index (χ3v) is 2.35. The molecule has 0 aliphatic carbocycles. The van der Waals surface area contributed by atoms with Gasteiger partial charge in [0.2, 0.25) is 5.88 Å². The summed E-state index contributed by atoms with van der Waals surface area (Å²) in [5.74, 6) is -0.582. The van der Waals surface area contributed by atoms with Gasteiger partial charge >= 0.3 is 12.8 Å². The number of hydrogen-bond acceptors (Lipinski definition) is 3. The number of ether oxygens (including phenoxy) is 1. The molecule has 0 atom stereocenters. The molecule has 0 saturated carbocycles. The molecular weight excluding hydrogens is 283 g/mol.